The van der Waals surface area contributed by atoms with Crippen LogP contribution in [0, 0.1) is 0 Å². The van der Waals surface area contributed by atoms with Crippen LogP contribution in [-0.4, -0.2) is 96.7 Å². The summed E-state index contributed by atoms with van der Waals surface area (Å²) in [5.74, 6) is -2.12. The van der Waals surface area contributed by atoms with Gasteiger partial charge in [-0.2, -0.15) is 0 Å². The molecular weight excluding hydrogens is 1290 g/mol. The molecule has 0 aliphatic rings. The number of rotatable bonds is 81. The Labute approximate surface area is 607 Å². The van der Waals surface area contributed by atoms with Gasteiger partial charge in [-0.1, -0.05) is 381 Å². The van der Waals surface area contributed by atoms with E-state index in [-0.39, 0.29) is 25.7 Å². The highest BCUT2D eigenvalue weighted by atomic mass is 31.2. The fraction of sp³-hybridized carbons (Fsp3) is 0.950. The van der Waals surface area contributed by atoms with Gasteiger partial charge in [-0.25, -0.2) is 9.13 Å². The Morgan fingerprint density at radius 1 is 0.242 bits per heavy atom. The first-order valence-corrected chi connectivity index (χ1v) is 44.8. The molecule has 0 saturated heterocycles. The molecule has 17 nitrogen and oxygen atoms in total. The number of phosphoric ester groups is 2. The molecule has 0 saturated carbocycles. The van der Waals surface area contributed by atoms with E-state index in [1.54, 1.807) is 0 Å². The summed E-state index contributed by atoms with van der Waals surface area (Å²) in [5.41, 5.74) is 0. The zero-order valence-electron chi connectivity index (χ0n) is 64.5. The number of unbranched alkanes of at least 4 members (excludes halogenated alkanes) is 55. The van der Waals surface area contributed by atoms with E-state index >= 15 is 0 Å². The smallest absolute Gasteiger partial charge is 0.462 e. The Kier molecular flexibility index (Phi) is 72.9. The van der Waals surface area contributed by atoms with Crippen LogP contribution in [0.3, 0.4) is 0 Å². The first kappa shape index (κ1) is 97.1. The van der Waals surface area contributed by atoms with Crippen LogP contribution in [0.15, 0.2) is 0 Å². The van der Waals surface area contributed by atoms with E-state index in [1.165, 1.54) is 257 Å². The first-order chi connectivity index (χ1) is 48.2. The Balaban J connectivity index is 5.11. The Morgan fingerprint density at radius 2 is 0.404 bits per heavy atom. The summed E-state index contributed by atoms with van der Waals surface area (Å²) < 4.78 is 68.5. The molecule has 0 spiro atoms. The standard InChI is InChI=1S/C80H156O17P2/c1-5-9-13-17-20-23-26-29-32-35-36-37-38-40-43-46-49-52-55-59-63-67-80(85)97-76(71-91-78(83)65-61-57-53-50-47-44-42-39-33-30-27-24-21-18-14-10-6-2)73-95-99(88,89)93-69-74(81)68-92-98(86,87)94-72-75(70-90-77(82)64-60-56-16-12-8-4)96-79(84)66-62-58-54-51-48-45-41-34-31-28-25-22-19-15-11-7-3/h74-76,81H,5-73H2,1-4H3,(H,86,87)(H,88,89)/t74-,75+,76+/m0/s1. The van der Waals surface area contributed by atoms with Gasteiger partial charge in [0.2, 0.25) is 0 Å². The van der Waals surface area contributed by atoms with Crippen molar-refractivity contribution >= 4 is 39.5 Å². The third-order valence-electron chi connectivity index (χ3n) is 18.9. The van der Waals surface area contributed by atoms with Crippen molar-refractivity contribution < 1.29 is 80.2 Å². The Bertz CT molecular complexity index is 1880. The predicted octanol–water partition coefficient (Wildman–Crippen LogP) is 24.2. The summed E-state index contributed by atoms with van der Waals surface area (Å²) in [6.45, 7) is 4.93. The highest BCUT2D eigenvalue weighted by molar-refractivity contribution is 7.47. The van der Waals surface area contributed by atoms with Crippen molar-refractivity contribution in [3.05, 3.63) is 0 Å². The Morgan fingerprint density at radius 3 is 0.596 bits per heavy atom. The minimum atomic E-state index is -4.96. The number of aliphatic hydroxyl groups excluding tert-OH is 1. The average Bonchev–Trinajstić information content (AvgIpc) is 0.965. The van der Waals surface area contributed by atoms with Gasteiger partial charge in [-0.05, 0) is 25.7 Å². The maximum atomic E-state index is 13.1. The summed E-state index contributed by atoms with van der Waals surface area (Å²) >= 11 is 0. The molecule has 0 aromatic rings. The van der Waals surface area contributed by atoms with Crippen molar-refractivity contribution in [1.82, 2.24) is 0 Å². The largest absolute Gasteiger partial charge is 0.472 e. The molecule has 19 heteroatoms. The van der Waals surface area contributed by atoms with Crippen molar-refractivity contribution in [2.75, 3.05) is 39.6 Å². The molecular formula is C80H156O17P2. The average molecular weight is 1450 g/mol. The van der Waals surface area contributed by atoms with E-state index in [0.29, 0.717) is 25.7 Å². The number of hydrogen-bond acceptors (Lipinski definition) is 15. The number of aliphatic hydroxyl groups is 1. The summed E-state index contributed by atoms with van der Waals surface area (Å²) in [5, 5.41) is 10.6. The topological polar surface area (TPSA) is 237 Å². The van der Waals surface area contributed by atoms with Crippen molar-refractivity contribution in [1.29, 1.82) is 0 Å². The van der Waals surface area contributed by atoms with Crippen molar-refractivity contribution in [2.45, 2.75) is 451 Å². The predicted molar refractivity (Wildman–Crippen MR) is 405 cm³/mol. The summed E-state index contributed by atoms with van der Waals surface area (Å²) in [6.07, 6.45) is 67.1. The minimum Gasteiger partial charge on any atom is -0.462 e. The molecule has 0 amide bonds. The molecule has 2 unspecified atom stereocenters. The van der Waals surface area contributed by atoms with Gasteiger partial charge in [0.15, 0.2) is 12.2 Å². The molecule has 0 heterocycles. The lowest BCUT2D eigenvalue weighted by atomic mass is 10.0. The van der Waals surface area contributed by atoms with E-state index in [1.807, 2.05) is 0 Å². The van der Waals surface area contributed by atoms with Gasteiger partial charge in [0.05, 0.1) is 26.4 Å². The van der Waals surface area contributed by atoms with E-state index < -0.39 is 97.5 Å². The summed E-state index contributed by atoms with van der Waals surface area (Å²) in [6, 6.07) is 0. The number of hydrogen-bond donors (Lipinski definition) is 3. The molecule has 0 bridgehead atoms. The number of carbonyl (C=O) groups excluding carboxylic acids is 4. The van der Waals surface area contributed by atoms with E-state index in [0.717, 1.165) is 96.3 Å². The summed E-state index contributed by atoms with van der Waals surface area (Å²) in [7, 11) is -9.91. The number of phosphoric acid groups is 2. The quantitative estimate of drug-likeness (QED) is 0.0222. The molecule has 588 valence electrons. The third-order valence-corrected chi connectivity index (χ3v) is 20.8. The maximum absolute atomic E-state index is 13.1. The van der Waals surface area contributed by atoms with Crippen LogP contribution in [0.2, 0.25) is 0 Å². The van der Waals surface area contributed by atoms with Gasteiger partial charge >= 0.3 is 39.5 Å². The van der Waals surface area contributed by atoms with Gasteiger partial charge in [-0.15, -0.1) is 0 Å². The molecule has 0 aliphatic heterocycles. The molecule has 0 fully saturated rings. The number of esters is 4. The van der Waals surface area contributed by atoms with Gasteiger partial charge < -0.3 is 33.8 Å². The highest BCUT2D eigenvalue weighted by Gasteiger charge is 2.30. The molecule has 0 aliphatic carbocycles. The van der Waals surface area contributed by atoms with Crippen LogP contribution in [0.25, 0.3) is 0 Å². The van der Waals surface area contributed by atoms with Crippen molar-refractivity contribution in [3.8, 4) is 0 Å². The second kappa shape index (κ2) is 74.3. The van der Waals surface area contributed by atoms with E-state index in [9.17, 15) is 43.2 Å². The van der Waals surface area contributed by atoms with E-state index in [2.05, 4.69) is 27.7 Å². The molecule has 0 rings (SSSR count). The fourth-order valence-electron chi connectivity index (χ4n) is 12.5. The third kappa shape index (κ3) is 74.1. The van der Waals surface area contributed by atoms with E-state index in [4.69, 9.17) is 37.0 Å². The monoisotopic (exact) mass is 1450 g/mol. The molecule has 0 radical (unpaired) electrons. The second-order valence-corrected chi connectivity index (χ2v) is 31.7. The van der Waals surface area contributed by atoms with Crippen molar-refractivity contribution in [2.24, 2.45) is 0 Å². The zero-order chi connectivity index (χ0) is 72.5. The number of ether oxygens (including phenoxy) is 4. The maximum Gasteiger partial charge on any atom is 0.472 e. The lowest BCUT2D eigenvalue weighted by Gasteiger charge is -2.21. The lowest BCUT2D eigenvalue weighted by molar-refractivity contribution is -0.161. The molecule has 0 aromatic heterocycles. The van der Waals surface area contributed by atoms with Gasteiger partial charge in [-0.3, -0.25) is 37.3 Å². The first-order valence-electron chi connectivity index (χ1n) is 41.8. The van der Waals surface area contributed by atoms with Gasteiger partial charge in [0.25, 0.3) is 0 Å². The van der Waals surface area contributed by atoms with Crippen LogP contribution in [0.4, 0.5) is 0 Å². The second-order valence-electron chi connectivity index (χ2n) is 28.8. The summed E-state index contributed by atoms with van der Waals surface area (Å²) in [4.78, 5) is 72.7. The zero-order valence-corrected chi connectivity index (χ0v) is 66.3. The molecule has 0 aromatic carbocycles. The van der Waals surface area contributed by atoms with Crippen LogP contribution < -0.4 is 0 Å². The van der Waals surface area contributed by atoms with Crippen molar-refractivity contribution in [3.63, 3.8) is 0 Å². The van der Waals surface area contributed by atoms with Crippen LogP contribution in [-0.2, 0) is 65.4 Å². The van der Waals surface area contributed by atoms with Crippen LogP contribution in [0.1, 0.15) is 432 Å². The lowest BCUT2D eigenvalue weighted by Crippen LogP contribution is -2.30. The normalized spacial score (nSPS) is 13.8. The van der Waals surface area contributed by atoms with Gasteiger partial charge in [0.1, 0.15) is 19.3 Å². The minimum absolute atomic E-state index is 0.108. The van der Waals surface area contributed by atoms with Gasteiger partial charge in [0, 0.05) is 25.7 Å². The molecule has 3 N–H and O–H groups in total. The molecule has 99 heavy (non-hydrogen) atoms. The number of carbonyl (C=O) groups is 4. The fourth-order valence-corrected chi connectivity index (χ4v) is 14.0. The molecule has 5 atom stereocenters. The highest BCUT2D eigenvalue weighted by Crippen LogP contribution is 2.45. The SMILES string of the molecule is CCCCCCCCCCCCCCCCCCCCCCCC(=O)O[C@H](COC(=O)CCCCCCCCCCCCCCCCCCC)COP(=O)(O)OC[C@@H](O)COP(=O)(O)OC[C@@H](COC(=O)CCCCCCC)OC(=O)CCCCCCCCCCCCCCCCCC. The Hall–Kier alpha value is -1.94. The van der Waals surface area contributed by atoms with Crippen LogP contribution in [0.5, 0.6) is 0 Å². The van der Waals surface area contributed by atoms with Crippen LogP contribution >= 0.6 is 15.6 Å².